The molecule has 0 radical (unpaired) electrons. The quantitative estimate of drug-likeness (QED) is 0.804. The van der Waals surface area contributed by atoms with Crippen molar-refractivity contribution in [3.05, 3.63) is 76.1 Å². The fraction of sp³-hybridized carbons (Fsp3) is 0.158. The van der Waals surface area contributed by atoms with Crippen molar-refractivity contribution in [1.29, 1.82) is 0 Å². The molecule has 0 saturated carbocycles. The molecular weight excluding hydrogens is 288 g/mol. The summed E-state index contributed by atoms with van der Waals surface area (Å²) in [5.74, 6) is -0.221. The first-order chi connectivity index (χ1) is 11.1. The molecule has 0 saturated heterocycles. The zero-order valence-corrected chi connectivity index (χ0v) is 13.2. The second kappa shape index (κ2) is 6.08. The van der Waals surface area contributed by atoms with Gasteiger partial charge in [-0.2, -0.15) is 0 Å². The molecule has 1 heterocycles. The first kappa shape index (κ1) is 15.0. The predicted octanol–water partition coefficient (Wildman–Crippen LogP) is 3.58. The van der Waals surface area contributed by atoms with Crippen LogP contribution < -0.4 is 10.7 Å². The molecule has 23 heavy (non-hydrogen) atoms. The Morgan fingerprint density at radius 1 is 1.09 bits per heavy atom. The van der Waals surface area contributed by atoms with Gasteiger partial charge in [0.2, 0.25) is 0 Å². The second-order valence-corrected chi connectivity index (χ2v) is 5.45. The molecule has 0 spiro atoms. The average Bonchev–Trinajstić information content (AvgIpc) is 2.56. The average molecular weight is 306 g/mol. The van der Waals surface area contributed by atoms with Crippen molar-refractivity contribution >= 4 is 22.5 Å². The maximum atomic E-state index is 12.4. The van der Waals surface area contributed by atoms with Crippen LogP contribution in [0, 0.1) is 6.92 Å². The molecule has 0 aliphatic heterocycles. The van der Waals surface area contributed by atoms with E-state index in [-0.39, 0.29) is 11.3 Å². The molecule has 116 valence electrons. The Morgan fingerprint density at radius 2 is 1.83 bits per heavy atom. The van der Waals surface area contributed by atoms with E-state index in [1.54, 1.807) is 18.2 Å². The first-order valence-electron chi connectivity index (χ1n) is 7.60. The van der Waals surface area contributed by atoms with Gasteiger partial charge < -0.3 is 9.88 Å². The normalized spacial score (nSPS) is 10.7. The summed E-state index contributed by atoms with van der Waals surface area (Å²) < 4.78 is 2.07. The summed E-state index contributed by atoms with van der Waals surface area (Å²) in [4.78, 5) is 24.6. The summed E-state index contributed by atoms with van der Waals surface area (Å²) in [5.41, 5.74) is 2.93. The minimum absolute atomic E-state index is 0.0587. The molecule has 3 rings (SSSR count). The van der Waals surface area contributed by atoms with Crippen molar-refractivity contribution in [3.8, 4) is 0 Å². The first-order valence-corrected chi connectivity index (χ1v) is 7.60. The van der Waals surface area contributed by atoms with Gasteiger partial charge in [-0.05, 0) is 44.2 Å². The van der Waals surface area contributed by atoms with Crippen molar-refractivity contribution in [2.24, 2.45) is 0 Å². The molecule has 4 nitrogen and oxygen atoms in total. The molecule has 0 atom stereocenters. The number of nitrogens with one attached hydrogen (secondary N) is 1. The van der Waals surface area contributed by atoms with Crippen LogP contribution in [-0.2, 0) is 6.54 Å². The zero-order chi connectivity index (χ0) is 16.4. The molecular formula is C19H18N2O2. The van der Waals surface area contributed by atoms with Gasteiger partial charge in [-0.25, -0.2) is 0 Å². The molecule has 1 aromatic heterocycles. The fourth-order valence-corrected chi connectivity index (χ4v) is 2.79. The Kier molecular flexibility index (Phi) is 3.98. The molecule has 0 bridgehead atoms. The highest BCUT2D eigenvalue weighted by molar-refractivity contribution is 6.06. The van der Waals surface area contributed by atoms with Gasteiger partial charge in [-0.3, -0.25) is 9.59 Å². The summed E-state index contributed by atoms with van der Waals surface area (Å²) in [5, 5.41) is 3.40. The number of aromatic nitrogens is 1. The van der Waals surface area contributed by atoms with Crippen molar-refractivity contribution in [3.63, 3.8) is 0 Å². The Hall–Kier alpha value is -2.88. The Bertz CT molecular complexity index is 927. The van der Waals surface area contributed by atoms with Crippen LogP contribution in [0.25, 0.3) is 10.9 Å². The number of para-hydroxylation sites is 1. The minimum atomic E-state index is -0.221. The number of nitrogens with zero attached hydrogens (tertiary/aromatic N) is 1. The van der Waals surface area contributed by atoms with Gasteiger partial charge in [0.1, 0.15) is 0 Å². The maximum absolute atomic E-state index is 12.4. The van der Waals surface area contributed by atoms with E-state index in [1.807, 2.05) is 50.2 Å². The van der Waals surface area contributed by atoms with Crippen molar-refractivity contribution < 1.29 is 4.79 Å². The van der Waals surface area contributed by atoms with Crippen LogP contribution >= 0.6 is 0 Å². The van der Waals surface area contributed by atoms with Gasteiger partial charge in [0.15, 0.2) is 5.43 Å². The molecule has 3 aromatic rings. The maximum Gasteiger partial charge on any atom is 0.255 e. The van der Waals surface area contributed by atoms with Crippen LogP contribution in [0.3, 0.4) is 0 Å². The highest BCUT2D eigenvalue weighted by Crippen LogP contribution is 2.16. The number of fused-ring (bicyclic) bond motifs is 1. The number of amides is 1. The number of anilines is 1. The predicted molar refractivity (Wildman–Crippen MR) is 93.0 cm³/mol. The van der Waals surface area contributed by atoms with Gasteiger partial charge in [0.05, 0.1) is 5.52 Å². The number of carbonyl (C=O) groups excluding carboxylic acids is 1. The number of carbonyl (C=O) groups is 1. The minimum Gasteiger partial charge on any atom is -0.345 e. The number of hydrogen-bond acceptors (Lipinski definition) is 2. The Morgan fingerprint density at radius 3 is 2.52 bits per heavy atom. The fourth-order valence-electron chi connectivity index (χ4n) is 2.79. The van der Waals surface area contributed by atoms with Crippen LogP contribution in [0.2, 0.25) is 0 Å². The van der Waals surface area contributed by atoms with Crippen LogP contribution in [0.5, 0.6) is 0 Å². The lowest BCUT2D eigenvalue weighted by Gasteiger charge is -2.13. The van der Waals surface area contributed by atoms with Crippen LogP contribution in [0.15, 0.2) is 59.4 Å². The highest BCUT2D eigenvalue weighted by Gasteiger charge is 2.11. The lowest BCUT2D eigenvalue weighted by Crippen LogP contribution is -2.15. The molecule has 4 heteroatoms. The number of benzene rings is 2. The zero-order valence-electron chi connectivity index (χ0n) is 13.2. The molecule has 0 aliphatic rings. The Balaban J connectivity index is 2.03. The monoisotopic (exact) mass is 306 g/mol. The van der Waals surface area contributed by atoms with E-state index in [4.69, 9.17) is 0 Å². The van der Waals surface area contributed by atoms with Gasteiger partial charge in [-0.15, -0.1) is 0 Å². The summed E-state index contributed by atoms with van der Waals surface area (Å²) in [6, 6.07) is 16.1. The summed E-state index contributed by atoms with van der Waals surface area (Å²) in [7, 11) is 0. The summed E-state index contributed by atoms with van der Waals surface area (Å²) in [6.45, 7) is 4.73. The number of pyridine rings is 1. The van der Waals surface area contributed by atoms with Gasteiger partial charge in [0, 0.05) is 34.9 Å². The number of rotatable bonds is 3. The summed E-state index contributed by atoms with van der Waals surface area (Å²) in [6.07, 6.45) is 0. The van der Waals surface area contributed by atoms with E-state index in [1.165, 1.54) is 0 Å². The lowest BCUT2D eigenvalue weighted by molar-refractivity contribution is 0.102. The van der Waals surface area contributed by atoms with Crippen LogP contribution in [0.4, 0.5) is 5.69 Å². The standard InChI is InChI=1S/C19H18N2O2/c1-3-21-13(2)11-18(22)16-12-14(9-10-17(16)21)19(23)20-15-7-5-4-6-8-15/h4-12H,3H2,1-2H3,(H,20,23). The molecule has 0 aliphatic carbocycles. The van der Waals surface area contributed by atoms with Gasteiger partial charge in [0.25, 0.3) is 5.91 Å². The van der Waals surface area contributed by atoms with Crippen LogP contribution in [-0.4, -0.2) is 10.5 Å². The third-order valence-corrected chi connectivity index (χ3v) is 3.93. The summed E-state index contributed by atoms with van der Waals surface area (Å²) >= 11 is 0. The van der Waals surface area contributed by atoms with E-state index in [0.29, 0.717) is 10.9 Å². The van der Waals surface area contributed by atoms with Gasteiger partial charge in [-0.1, -0.05) is 18.2 Å². The molecule has 1 N–H and O–H groups in total. The highest BCUT2D eigenvalue weighted by atomic mass is 16.1. The van der Waals surface area contributed by atoms with E-state index in [9.17, 15) is 9.59 Å². The smallest absolute Gasteiger partial charge is 0.255 e. The molecule has 0 unspecified atom stereocenters. The van der Waals surface area contributed by atoms with E-state index >= 15 is 0 Å². The van der Waals surface area contributed by atoms with Crippen molar-refractivity contribution in [1.82, 2.24) is 4.57 Å². The molecule has 2 aromatic carbocycles. The van der Waals surface area contributed by atoms with Crippen molar-refractivity contribution in [2.75, 3.05) is 5.32 Å². The SMILES string of the molecule is CCn1c(C)cc(=O)c2cc(C(=O)Nc3ccccc3)ccc21. The van der Waals surface area contributed by atoms with Crippen molar-refractivity contribution in [2.45, 2.75) is 20.4 Å². The number of hydrogen-bond donors (Lipinski definition) is 1. The van der Waals surface area contributed by atoms with E-state index in [0.717, 1.165) is 23.4 Å². The molecule has 1 amide bonds. The third-order valence-electron chi connectivity index (χ3n) is 3.93. The number of aryl methyl sites for hydroxylation is 2. The molecule has 0 fully saturated rings. The van der Waals surface area contributed by atoms with Gasteiger partial charge >= 0.3 is 0 Å². The van der Waals surface area contributed by atoms with Crippen LogP contribution in [0.1, 0.15) is 23.0 Å². The van der Waals surface area contributed by atoms with E-state index < -0.39 is 0 Å². The Labute approximate surface area is 134 Å². The van der Waals surface area contributed by atoms with E-state index in [2.05, 4.69) is 9.88 Å². The lowest BCUT2D eigenvalue weighted by atomic mass is 10.1. The third kappa shape index (κ3) is 2.88. The second-order valence-electron chi connectivity index (χ2n) is 5.45. The topological polar surface area (TPSA) is 51.1 Å². The largest absolute Gasteiger partial charge is 0.345 e.